The van der Waals surface area contributed by atoms with Crippen molar-refractivity contribution in [3.8, 4) is 5.88 Å². The van der Waals surface area contributed by atoms with Crippen molar-refractivity contribution < 1.29 is 19.0 Å². The lowest BCUT2D eigenvalue weighted by Crippen LogP contribution is -2.36. The van der Waals surface area contributed by atoms with Gasteiger partial charge in [0.2, 0.25) is 5.88 Å². The summed E-state index contributed by atoms with van der Waals surface area (Å²) >= 11 is 6.19. The molecule has 0 bridgehead atoms. The summed E-state index contributed by atoms with van der Waals surface area (Å²) in [4.78, 5) is 20.5. The molecule has 27 heavy (non-hydrogen) atoms. The molecule has 8 heteroatoms. The molecule has 1 aromatic rings. The average molecular weight is 398 g/mol. The number of halogens is 1. The minimum absolute atomic E-state index is 0.111. The minimum Gasteiger partial charge on any atom is -0.472 e. The van der Waals surface area contributed by atoms with Crippen molar-refractivity contribution in [1.82, 2.24) is 14.8 Å². The van der Waals surface area contributed by atoms with Crippen LogP contribution in [-0.2, 0) is 16.0 Å². The van der Waals surface area contributed by atoms with E-state index in [2.05, 4.69) is 9.88 Å². The second kappa shape index (κ2) is 8.63. The maximum Gasteiger partial charge on any atom is 0.410 e. The Balaban J connectivity index is 1.57. The highest BCUT2D eigenvalue weighted by Gasteiger charge is 2.31. The van der Waals surface area contributed by atoms with Crippen LogP contribution in [-0.4, -0.2) is 72.0 Å². The minimum atomic E-state index is -0.501. The van der Waals surface area contributed by atoms with Crippen molar-refractivity contribution in [3.63, 3.8) is 0 Å². The van der Waals surface area contributed by atoms with Crippen molar-refractivity contribution in [2.24, 2.45) is 0 Å². The summed E-state index contributed by atoms with van der Waals surface area (Å²) in [6.07, 6.45) is 0.326. The van der Waals surface area contributed by atoms with Gasteiger partial charge < -0.3 is 19.1 Å². The Morgan fingerprint density at radius 3 is 2.74 bits per heavy atom. The van der Waals surface area contributed by atoms with Gasteiger partial charge in [-0.3, -0.25) is 4.90 Å². The third-order valence-electron chi connectivity index (χ3n) is 4.42. The first-order valence-corrected chi connectivity index (χ1v) is 9.77. The number of amides is 1. The molecular formula is C19H28ClN3O4. The molecule has 3 heterocycles. The lowest BCUT2D eigenvalue weighted by Gasteiger charge is -2.26. The van der Waals surface area contributed by atoms with Crippen LogP contribution in [0.1, 0.15) is 32.8 Å². The number of carbonyl (C=O) groups is 1. The molecule has 0 saturated carbocycles. The smallest absolute Gasteiger partial charge is 0.410 e. The molecule has 0 aliphatic carbocycles. The number of aromatic nitrogens is 1. The molecule has 1 amide bonds. The van der Waals surface area contributed by atoms with E-state index in [0.717, 1.165) is 44.8 Å². The number of pyridine rings is 1. The van der Waals surface area contributed by atoms with Gasteiger partial charge in [0.25, 0.3) is 0 Å². The first-order chi connectivity index (χ1) is 12.8. The van der Waals surface area contributed by atoms with E-state index in [1.165, 1.54) is 0 Å². The molecule has 0 spiro atoms. The number of hydrogen-bond donors (Lipinski definition) is 0. The predicted molar refractivity (Wildman–Crippen MR) is 102 cm³/mol. The standard InChI is InChI=1S/C19H28ClN3O4/c1-19(2,3)27-18(24)23-5-4-15(13-23)26-17-11-14(10-16(20)21-17)12-22-6-8-25-9-7-22/h10-11,15H,4-9,12-13H2,1-3H3. The van der Waals surface area contributed by atoms with Crippen molar-refractivity contribution in [3.05, 3.63) is 22.8 Å². The third kappa shape index (κ3) is 6.23. The van der Waals surface area contributed by atoms with Crippen molar-refractivity contribution >= 4 is 17.7 Å². The largest absolute Gasteiger partial charge is 0.472 e. The van der Waals surface area contributed by atoms with Crippen LogP contribution >= 0.6 is 11.6 Å². The first kappa shape index (κ1) is 20.2. The van der Waals surface area contributed by atoms with Crippen molar-refractivity contribution in [1.29, 1.82) is 0 Å². The Bertz CT molecular complexity index is 659. The summed E-state index contributed by atoms with van der Waals surface area (Å²) in [5.41, 5.74) is 0.563. The van der Waals surface area contributed by atoms with E-state index >= 15 is 0 Å². The topological polar surface area (TPSA) is 64.1 Å². The van der Waals surface area contributed by atoms with E-state index in [0.29, 0.717) is 24.1 Å². The molecule has 1 atom stereocenters. The van der Waals surface area contributed by atoms with Crippen LogP contribution in [0.4, 0.5) is 4.79 Å². The number of carbonyl (C=O) groups excluding carboxylic acids is 1. The van der Waals surface area contributed by atoms with Crippen molar-refractivity contribution in [2.75, 3.05) is 39.4 Å². The Morgan fingerprint density at radius 1 is 1.30 bits per heavy atom. The first-order valence-electron chi connectivity index (χ1n) is 9.40. The second-order valence-electron chi connectivity index (χ2n) is 7.98. The molecule has 0 radical (unpaired) electrons. The highest BCUT2D eigenvalue weighted by atomic mass is 35.5. The van der Waals surface area contributed by atoms with Crippen LogP contribution < -0.4 is 4.74 Å². The highest BCUT2D eigenvalue weighted by Crippen LogP contribution is 2.23. The van der Waals surface area contributed by atoms with Crippen LogP contribution in [0.15, 0.2) is 12.1 Å². The van der Waals surface area contributed by atoms with E-state index in [9.17, 15) is 4.79 Å². The zero-order valence-corrected chi connectivity index (χ0v) is 17.0. The highest BCUT2D eigenvalue weighted by molar-refractivity contribution is 6.29. The predicted octanol–water partition coefficient (Wildman–Crippen LogP) is 2.96. The second-order valence-corrected chi connectivity index (χ2v) is 8.37. The van der Waals surface area contributed by atoms with Gasteiger partial charge in [0.1, 0.15) is 16.9 Å². The zero-order valence-electron chi connectivity index (χ0n) is 16.2. The van der Waals surface area contributed by atoms with Crippen LogP contribution in [0.3, 0.4) is 0 Å². The number of rotatable bonds is 4. The van der Waals surface area contributed by atoms with E-state index in [4.69, 9.17) is 25.8 Å². The Kier molecular flexibility index (Phi) is 6.44. The van der Waals surface area contributed by atoms with Gasteiger partial charge in [0.05, 0.1) is 19.8 Å². The molecule has 2 aliphatic heterocycles. The SMILES string of the molecule is CC(C)(C)OC(=O)N1CCC(Oc2cc(CN3CCOCC3)cc(Cl)n2)C1. The normalized spacial score (nSPS) is 21.3. The number of morpholine rings is 1. The Labute approximate surface area is 165 Å². The number of hydrogen-bond acceptors (Lipinski definition) is 6. The van der Waals surface area contributed by atoms with Crippen LogP contribution in [0.2, 0.25) is 5.15 Å². The van der Waals surface area contributed by atoms with Gasteiger partial charge in [0, 0.05) is 38.7 Å². The van der Waals surface area contributed by atoms with Gasteiger partial charge in [-0.15, -0.1) is 0 Å². The summed E-state index contributed by atoms with van der Waals surface area (Å²) in [6.45, 7) is 10.8. The lowest BCUT2D eigenvalue weighted by atomic mass is 10.2. The zero-order chi connectivity index (χ0) is 19.4. The summed E-state index contributed by atoms with van der Waals surface area (Å²) in [5, 5.41) is 0.415. The summed E-state index contributed by atoms with van der Waals surface area (Å²) in [5.74, 6) is 0.502. The molecule has 0 N–H and O–H groups in total. The van der Waals surface area contributed by atoms with E-state index in [-0.39, 0.29) is 12.2 Å². The van der Waals surface area contributed by atoms with Gasteiger partial charge in [-0.2, -0.15) is 0 Å². The summed E-state index contributed by atoms with van der Waals surface area (Å²) in [6, 6.07) is 3.79. The fourth-order valence-corrected chi connectivity index (χ4v) is 3.40. The fourth-order valence-electron chi connectivity index (χ4n) is 3.18. The van der Waals surface area contributed by atoms with Crippen LogP contribution in [0, 0.1) is 0 Å². The quantitative estimate of drug-likeness (QED) is 0.728. The molecule has 1 aromatic heterocycles. The average Bonchev–Trinajstić information content (AvgIpc) is 3.02. The molecule has 2 fully saturated rings. The molecule has 7 nitrogen and oxygen atoms in total. The summed E-state index contributed by atoms with van der Waals surface area (Å²) < 4.78 is 16.8. The van der Waals surface area contributed by atoms with E-state index in [1.54, 1.807) is 4.90 Å². The van der Waals surface area contributed by atoms with E-state index < -0.39 is 5.60 Å². The molecule has 150 valence electrons. The van der Waals surface area contributed by atoms with E-state index in [1.807, 2.05) is 32.9 Å². The van der Waals surface area contributed by atoms with Crippen LogP contribution in [0.25, 0.3) is 0 Å². The molecule has 1 unspecified atom stereocenters. The molecule has 2 aliphatic rings. The van der Waals surface area contributed by atoms with Gasteiger partial charge in [-0.05, 0) is 32.4 Å². The third-order valence-corrected chi connectivity index (χ3v) is 4.62. The fraction of sp³-hybridized carbons (Fsp3) is 0.684. The number of nitrogens with zero attached hydrogens (tertiary/aromatic N) is 3. The number of ether oxygens (including phenoxy) is 3. The Hall–Kier alpha value is -1.57. The Morgan fingerprint density at radius 2 is 2.04 bits per heavy atom. The van der Waals surface area contributed by atoms with Gasteiger partial charge in [-0.25, -0.2) is 9.78 Å². The molecular weight excluding hydrogens is 370 g/mol. The van der Waals surface area contributed by atoms with Crippen molar-refractivity contribution in [2.45, 2.75) is 45.4 Å². The van der Waals surface area contributed by atoms with Gasteiger partial charge in [0.15, 0.2) is 0 Å². The molecule has 2 saturated heterocycles. The maximum absolute atomic E-state index is 12.2. The maximum atomic E-state index is 12.2. The van der Waals surface area contributed by atoms with Gasteiger partial charge >= 0.3 is 6.09 Å². The number of likely N-dealkylation sites (tertiary alicyclic amines) is 1. The molecule has 3 rings (SSSR count). The van der Waals surface area contributed by atoms with Gasteiger partial charge in [-0.1, -0.05) is 11.6 Å². The lowest BCUT2D eigenvalue weighted by molar-refractivity contribution is 0.0274. The van der Waals surface area contributed by atoms with Crippen LogP contribution in [0.5, 0.6) is 5.88 Å². The summed E-state index contributed by atoms with van der Waals surface area (Å²) in [7, 11) is 0. The molecule has 0 aromatic carbocycles. The monoisotopic (exact) mass is 397 g/mol.